The van der Waals surface area contributed by atoms with Gasteiger partial charge in [0.25, 0.3) is 0 Å². The third-order valence-corrected chi connectivity index (χ3v) is 5.41. The van der Waals surface area contributed by atoms with E-state index in [1.54, 1.807) is 17.0 Å². The van der Waals surface area contributed by atoms with Gasteiger partial charge in [0.05, 0.1) is 19.1 Å². The summed E-state index contributed by atoms with van der Waals surface area (Å²) >= 11 is 1.35. The van der Waals surface area contributed by atoms with Gasteiger partial charge in [-0.3, -0.25) is 0 Å². The van der Waals surface area contributed by atoms with Crippen LogP contribution in [0.1, 0.15) is 39.5 Å². The first-order chi connectivity index (χ1) is 14.2. The smallest absolute Gasteiger partial charge is 0.410 e. The van der Waals surface area contributed by atoms with Gasteiger partial charge >= 0.3 is 6.09 Å². The van der Waals surface area contributed by atoms with Crippen LogP contribution in [0.25, 0.3) is 11.4 Å². The molecule has 2 heterocycles. The molecule has 0 aliphatic carbocycles. The normalized spacial score (nSPS) is 15.4. The largest absolute Gasteiger partial charge is 0.444 e. The number of rotatable bonds is 6. The van der Waals surface area contributed by atoms with Gasteiger partial charge in [-0.2, -0.15) is 4.98 Å². The van der Waals surface area contributed by atoms with Crippen LogP contribution >= 0.6 is 11.8 Å². The molecule has 7 nitrogen and oxygen atoms in total. The number of likely N-dealkylation sites (tertiary alicyclic amines) is 1. The van der Waals surface area contributed by atoms with Crippen molar-refractivity contribution in [2.75, 3.05) is 26.0 Å². The van der Waals surface area contributed by atoms with Crippen LogP contribution in [0.2, 0.25) is 0 Å². The molecule has 9 heteroatoms. The predicted octanol–water partition coefficient (Wildman–Crippen LogP) is 4.56. The monoisotopic (exact) mass is 437 g/mol. The van der Waals surface area contributed by atoms with E-state index in [1.807, 2.05) is 27.0 Å². The molecule has 1 aliphatic rings. The quantitative estimate of drug-likeness (QED) is 0.613. The Hall–Kier alpha value is -2.13. The van der Waals surface area contributed by atoms with Crippen molar-refractivity contribution >= 4 is 17.9 Å². The fourth-order valence-electron chi connectivity index (χ4n) is 3.12. The van der Waals surface area contributed by atoms with Gasteiger partial charge in [0.15, 0.2) is 0 Å². The second-order valence-electron chi connectivity index (χ2n) is 8.15. The first-order valence-corrected chi connectivity index (χ1v) is 11.2. The summed E-state index contributed by atoms with van der Waals surface area (Å²) in [5, 5.41) is 3.93. The van der Waals surface area contributed by atoms with Gasteiger partial charge in [-0.25, -0.2) is 9.18 Å². The van der Waals surface area contributed by atoms with E-state index < -0.39 is 5.60 Å². The average Bonchev–Trinajstić information content (AvgIpc) is 3.16. The molecule has 1 amide bonds. The van der Waals surface area contributed by atoms with Gasteiger partial charge in [0.2, 0.25) is 11.7 Å². The third kappa shape index (κ3) is 6.18. The molecule has 30 heavy (non-hydrogen) atoms. The lowest BCUT2D eigenvalue weighted by Gasteiger charge is -2.33. The predicted molar refractivity (Wildman–Crippen MR) is 112 cm³/mol. The minimum atomic E-state index is -0.490. The number of carbonyl (C=O) groups is 1. The van der Waals surface area contributed by atoms with E-state index in [0.717, 1.165) is 12.8 Å². The van der Waals surface area contributed by atoms with Crippen LogP contribution < -0.4 is 0 Å². The first kappa shape index (κ1) is 22.6. The molecule has 0 saturated carbocycles. The van der Waals surface area contributed by atoms with Crippen LogP contribution in [0.4, 0.5) is 9.18 Å². The molecular weight excluding hydrogens is 409 g/mol. The van der Waals surface area contributed by atoms with Crippen LogP contribution in [0, 0.1) is 5.82 Å². The number of nitrogens with zero attached hydrogens (tertiary/aromatic N) is 3. The highest BCUT2D eigenvalue weighted by molar-refractivity contribution is 7.98. The second-order valence-corrected chi connectivity index (χ2v) is 9.00. The molecule has 164 valence electrons. The number of hydrogen-bond acceptors (Lipinski definition) is 7. The molecule has 0 spiro atoms. The number of thioether (sulfide) groups is 1. The Labute approximate surface area is 180 Å². The fraction of sp³-hybridized carbons (Fsp3) is 0.571. The molecule has 0 unspecified atom stereocenters. The van der Waals surface area contributed by atoms with Gasteiger partial charge in [-0.15, -0.1) is 11.8 Å². The van der Waals surface area contributed by atoms with E-state index in [-0.39, 0.29) is 18.0 Å². The SMILES string of the molecule is CSc1ccc(-c2noc(CCOC3CCN(C(=O)OC(C)(C)C)CC3)n2)cc1F. The van der Waals surface area contributed by atoms with Crippen molar-refractivity contribution in [3.8, 4) is 11.4 Å². The lowest BCUT2D eigenvalue weighted by atomic mass is 10.1. The second kappa shape index (κ2) is 9.78. The van der Waals surface area contributed by atoms with E-state index in [0.29, 0.717) is 48.3 Å². The summed E-state index contributed by atoms with van der Waals surface area (Å²) in [6.45, 7) is 7.25. The van der Waals surface area contributed by atoms with Gasteiger partial charge in [-0.1, -0.05) is 5.16 Å². The van der Waals surface area contributed by atoms with Crippen molar-refractivity contribution in [1.29, 1.82) is 0 Å². The van der Waals surface area contributed by atoms with E-state index >= 15 is 0 Å². The van der Waals surface area contributed by atoms with Crippen molar-refractivity contribution in [3.63, 3.8) is 0 Å². The molecule has 2 aromatic rings. The van der Waals surface area contributed by atoms with Crippen molar-refractivity contribution < 1.29 is 23.2 Å². The van der Waals surface area contributed by atoms with Crippen LogP contribution in [-0.2, 0) is 15.9 Å². The Kier molecular flexibility index (Phi) is 7.36. The molecule has 0 bridgehead atoms. The summed E-state index contributed by atoms with van der Waals surface area (Å²) in [5.41, 5.74) is 0.0894. The molecule has 0 atom stereocenters. The fourth-order valence-corrected chi connectivity index (χ4v) is 3.58. The van der Waals surface area contributed by atoms with Gasteiger partial charge in [-0.05, 0) is 58.1 Å². The highest BCUT2D eigenvalue weighted by Crippen LogP contribution is 2.24. The Morgan fingerprint density at radius 3 is 2.70 bits per heavy atom. The zero-order chi connectivity index (χ0) is 21.7. The van der Waals surface area contributed by atoms with Crippen molar-refractivity contribution in [2.45, 2.75) is 56.6 Å². The summed E-state index contributed by atoms with van der Waals surface area (Å²) in [5.74, 6) is 0.514. The zero-order valence-corrected chi connectivity index (χ0v) is 18.6. The highest BCUT2D eigenvalue weighted by atomic mass is 32.2. The van der Waals surface area contributed by atoms with Crippen molar-refractivity contribution in [1.82, 2.24) is 15.0 Å². The maximum absolute atomic E-state index is 14.0. The van der Waals surface area contributed by atoms with Gasteiger partial charge < -0.3 is 18.9 Å². The lowest BCUT2D eigenvalue weighted by Crippen LogP contribution is -2.43. The number of carbonyl (C=O) groups excluding carboxylic acids is 1. The van der Waals surface area contributed by atoms with Gasteiger partial charge in [0, 0.05) is 23.5 Å². The van der Waals surface area contributed by atoms with E-state index in [4.69, 9.17) is 14.0 Å². The van der Waals surface area contributed by atoms with Gasteiger partial charge in [0.1, 0.15) is 11.4 Å². The molecule has 1 aromatic carbocycles. The summed E-state index contributed by atoms with van der Waals surface area (Å²) in [6, 6.07) is 4.89. The molecule has 1 aliphatic heterocycles. The Morgan fingerprint density at radius 2 is 2.07 bits per heavy atom. The maximum Gasteiger partial charge on any atom is 0.410 e. The highest BCUT2D eigenvalue weighted by Gasteiger charge is 2.27. The third-order valence-electron chi connectivity index (χ3n) is 4.64. The van der Waals surface area contributed by atoms with E-state index in [2.05, 4.69) is 10.1 Å². The Balaban J connectivity index is 1.43. The van der Waals surface area contributed by atoms with Crippen LogP contribution in [0.5, 0.6) is 0 Å². The lowest BCUT2D eigenvalue weighted by molar-refractivity contribution is -0.0114. The number of amides is 1. The molecule has 1 saturated heterocycles. The first-order valence-electron chi connectivity index (χ1n) is 10.0. The number of hydrogen-bond donors (Lipinski definition) is 0. The molecule has 0 N–H and O–H groups in total. The Morgan fingerprint density at radius 1 is 1.33 bits per heavy atom. The van der Waals surface area contributed by atoms with Crippen LogP contribution in [-0.4, -0.2) is 58.8 Å². The summed E-state index contributed by atoms with van der Waals surface area (Å²) in [4.78, 5) is 18.7. The number of piperidine rings is 1. The Bertz CT molecular complexity index is 860. The summed E-state index contributed by atoms with van der Waals surface area (Å²) in [7, 11) is 0. The number of aromatic nitrogens is 2. The number of ether oxygens (including phenoxy) is 2. The van der Waals surface area contributed by atoms with E-state index in [9.17, 15) is 9.18 Å². The average molecular weight is 438 g/mol. The minimum Gasteiger partial charge on any atom is -0.444 e. The molecule has 1 fully saturated rings. The number of halogens is 1. The summed E-state index contributed by atoms with van der Waals surface area (Å²) < 4.78 is 30.5. The zero-order valence-electron chi connectivity index (χ0n) is 17.8. The maximum atomic E-state index is 14.0. The molecule has 0 radical (unpaired) electrons. The van der Waals surface area contributed by atoms with E-state index in [1.165, 1.54) is 17.8 Å². The molecule has 1 aromatic heterocycles. The molecule has 3 rings (SSSR count). The van der Waals surface area contributed by atoms with Crippen molar-refractivity contribution in [2.24, 2.45) is 0 Å². The topological polar surface area (TPSA) is 77.7 Å². The van der Waals surface area contributed by atoms with Crippen LogP contribution in [0.3, 0.4) is 0 Å². The molecular formula is C21H28FN3O4S. The minimum absolute atomic E-state index is 0.0827. The number of benzene rings is 1. The van der Waals surface area contributed by atoms with Crippen LogP contribution in [0.15, 0.2) is 27.6 Å². The standard InChI is InChI=1S/C21H28FN3O4S/c1-21(2,3)28-20(26)25-10-7-15(8-11-25)27-12-9-18-23-19(24-29-18)14-5-6-17(30-4)16(22)13-14/h5-6,13,15H,7-12H2,1-4H3. The summed E-state index contributed by atoms with van der Waals surface area (Å²) in [6.07, 6.45) is 3.63. The van der Waals surface area contributed by atoms with Crippen molar-refractivity contribution in [3.05, 3.63) is 29.9 Å².